The number of hydrogen-bond acceptors (Lipinski definition) is 6. The zero-order chi connectivity index (χ0) is 22.5. The van der Waals surface area contributed by atoms with E-state index in [9.17, 15) is 4.79 Å². The third kappa shape index (κ3) is 4.99. The Bertz CT molecular complexity index is 1060. The summed E-state index contributed by atoms with van der Waals surface area (Å²) in [6.45, 7) is 6.49. The number of aromatic nitrogens is 2. The first kappa shape index (κ1) is 21.6. The minimum absolute atomic E-state index is 0.00719. The predicted molar refractivity (Wildman–Crippen MR) is 124 cm³/mol. The molecule has 1 unspecified atom stereocenters. The van der Waals surface area contributed by atoms with Crippen LogP contribution in [0.25, 0.3) is 11.3 Å². The van der Waals surface area contributed by atoms with E-state index < -0.39 is 6.10 Å². The Kier molecular flexibility index (Phi) is 6.54. The van der Waals surface area contributed by atoms with Crippen molar-refractivity contribution in [1.82, 2.24) is 14.9 Å². The van der Waals surface area contributed by atoms with Crippen LogP contribution in [0.5, 0.6) is 11.5 Å². The fraction of sp³-hybridized carbons (Fsp3) is 0.320. The average Bonchev–Trinajstić information content (AvgIpc) is 2.84. The normalized spacial score (nSPS) is 14.7. The number of methoxy groups -OCH3 is 1. The van der Waals surface area contributed by atoms with Crippen LogP contribution in [0.1, 0.15) is 12.5 Å². The van der Waals surface area contributed by atoms with Crippen molar-refractivity contribution >= 4 is 11.7 Å². The van der Waals surface area contributed by atoms with Crippen LogP contribution in [-0.4, -0.2) is 60.2 Å². The Labute approximate surface area is 188 Å². The molecule has 0 bridgehead atoms. The van der Waals surface area contributed by atoms with Crippen molar-refractivity contribution in [3.8, 4) is 22.8 Å². The highest BCUT2D eigenvalue weighted by Gasteiger charge is 2.26. The molecule has 0 aliphatic carbocycles. The highest BCUT2D eigenvalue weighted by molar-refractivity contribution is 5.81. The summed E-state index contributed by atoms with van der Waals surface area (Å²) < 4.78 is 11.1. The van der Waals surface area contributed by atoms with Crippen molar-refractivity contribution in [2.24, 2.45) is 0 Å². The van der Waals surface area contributed by atoms with Crippen molar-refractivity contribution in [3.63, 3.8) is 0 Å². The number of aryl methyl sites for hydroxylation is 1. The van der Waals surface area contributed by atoms with E-state index in [0.29, 0.717) is 26.2 Å². The van der Waals surface area contributed by atoms with Gasteiger partial charge in [-0.1, -0.05) is 12.1 Å². The second kappa shape index (κ2) is 9.68. The third-order valence-electron chi connectivity index (χ3n) is 5.60. The Hall–Kier alpha value is -3.61. The summed E-state index contributed by atoms with van der Waals surface area (Å²) in [5, 5.41) is 0. The highest BCUT2D eigenvalue weighted by atomic mass is 16.5. The van der Waals surface area contributed by atoms with Gasteiger partial charge in [-0.15, -0.1) is 0 Å². The average molecular weight is 433 g/mol. The van der Waals surface area contributed by atoms with Gasteiger partial charge in [-0.25, -0.2) is 9.97 Å². The molecule has 1 atom stereocenters. The van der Waals surface area contributed by atoms with Crippen LogP contribution in [0.2, 0.25) is 0 Å². The molecule has 1 saturated heterocycles. The fourth-order valence-corrected chi connectivity index (χ4v) is 3.80. The molecule has 0 N–H and O–H groups in total. The summed E-state index contributed by atoms with van der Waals surface area (Å²) in [5.41, 5.74) is 2.97. The van der Waals surface area contributed by atoms with E-state index in [1.807, 2.05) is 73.3 Å². The molecule has 166 valence electrons. The van der Waals surface area contributed by atoms with Gasteiger partial charge < -0.3 is 19.3 Å². The summed E-state index contributed by atoms with van der Waals surface area (Å²) >= 11 is 0. The Morgan fingerprint density at radius 3 is 2.41 bits per heavy atom. The van der Waals surface area contributed by atoms with E-state index >= 15 is 0 Å². The Morgan fingerprint density at radius 2 is 1.72 bits per heavy atom. The molecule has 7 heteroatoms. The molecule has 4 rings (SSSR count). The standard InChI is InChI=1S/C25H28N4O3/c1-18-5-4-6-22(15-18)32-19(2)25(30)29-13-11-28(12-14-29)24-16-23(26-17-27-24)20-7-9-21(31-3)10-8-20/h4-10,15-17,19H,11-14H2,1-3H3. The largest absolute Gasteiger partial charge is 0.497 e. The van der Waals surface area contributed by atoms with E-state index in [1.165, 1.54) is 0 Å². The van der Waals surface area contributed by atoms with Crippen LogP contribution in [-0.2, 0) is 4.79 Å². The minimum Gasteiger partial charge on any atom is -0.497 e. The first-order valence-corrected chi connectivity index (χ1v) is 10.8. The summed E-state index contributed by atoms with van der Waals surface area (Å²) in [6, 6.07) is 17.6. The van der Waals surface area contributed by atoms with Crippen molar-refractivity contribution in [3.05, 3.63) is 66.5 Å². The molecule has 3 aromatic rings. The van der Waals surface area contributed by atoms with Crippen molar-refractivity contribution in [2.45, 2.75) is 20.0 Å². The smallest absolute Gasteiger partial charge is 0.263 e. The maximum atomic E-state index is 12.9. The summed E-state index contributed by atoms with van der Waals surface area (Å²) in [7, 11) is 1.65. The molecule has 0 radical (unpaired) electrons. The van der Waals surface area contributed by atoms with Gasteiger partial charge >= 0.3 is 0 Å². The minimum atomic E-state index is -0.524. The van der Waals surface area contributed by atoms with Gasteiger partial charge in [-0.05, 0) is 55.8 Å². The van der Waals surface area contributed by atoms with Gasteiger partial charge in [0.2, 0.25) is 0 Å². The van der Waals surface area contributed by atoms with E-state index in [0.717, 1.165) is 34.1 Å². The first-order chi connectivity index (χ1) is 15.5. The molecule has 1 aliphatic heterocycles. The zero-order valence-corrected chi connectivity index (χ0v) is 18.7. The number of ether oxygens (including phenoxy) is 2. The first-order valence-electron chi connectivity index (χ1n) is 10.8. The van der Waals surface area contributed by atoms with E-state index in [1.54, 1.807) is 13.4 Å². The van der Waals surface area contributed by atoms with Crippen molar-refractivity contribution in [1.29, 1.82) is 0 Å². The zero-order valence-electron chi connectivity index (χ0n) is 18.7. The van der Waals surface area contributed by atoms with Crippen LogP contribution in [0.15, 0.2) is 60.9 Å². The van der Waals surface area contributed by atoms with Gasteiger partial charge in [-0.3, -0.25) is 4.79 Å². The van der Waals surface area contributed by atoms with Gasteiger partial charge in [-0.2, -0.15) is 0 Å². The number of hydrogen-bond donors (Lipinski definition) is 0. The lowest BCUT2D eigenvalue weighted by molar-refractivity contribution is -0.138. The molecule has 2 aromatic carbocycles. The quantitative estimate of drug-likeness (QED) is 0.593. The fourth-order valence-electron chi connectivity index (χ4n) is 3.80. The monoisotopic (exact) mass is 432 g/mol. The molecule has 32 heavy (non-hydrogen) atoms. The molecular weight excluding hydrogens is 404 g/mol. The molecule has 1 amide bonds. The van der Waals surface area contributed by atoms with Crippen LogP contribution >= 0.6 is 0 Å². The van der Waals surface area contributed by atoms with Crippen LogP contribution in [0, 0.1) is 6.92 Å². The van der Waals surface area contributed by atoms with Crippen LogP contribution in [0.4, 0.5) is 5.82 Å². The molecule has 1 aliphatic rings. The van der Waals surface area contributed by atoms with Gasteiger partial charge in [0.05, 0.1) is 12.8 Å². The van der Waals surface area contributed by atoms with E-state index in [-0.39, 0.29) is 5.91 Å². The lowest BCUT2D eigenvalue weighted by Gasteiger charge is -2.36. The number of piperazine rings is 1. The van der Waals surface area contributed by atoms with Gasteiger partial charge in [0.1, 0.15) is 23.6 Å². The maximum absolute atomic E-state index is 12.9. The maximum Gasteiger partial charge on any atom is 0.263 e. The molecule has 0 saturated carbocycles. The summed E-state index contributed by atoms with van der Waals surface area (Å²) in [4.78, 5) is 25.8. The number of rotatable bonds is 6. The lowest BCUT2D eigenvalue weighted by atomic mass is 10.1. The molecule has 1 fully saturated rings. The number of carbonyl (C=O) groups is 1. The predicted octanol–water partition coefficient (Wildman–Crippen LogP) is 3.58. The highest BCUT2D eigenvalue weighted by Crippen LogP contribution is 2.24. The molecule has 1 aromatic heterocycles. The number of nitrogens with zero attached hydrogens (tertiary/aromatic N) is 4. The SMILES string of the molecule is COc1ccc(-c2cc(N3CCN(C(=O)C(C)Oc4cccc(C)c4)CC3)ncn2)cc1. The number of anilines is 1. The third-order valence-corrected chi connectivity index (χ3v) is 5.60. The topological polar surface area (TPSA) is 67.8 Å². The number of benzene rings is 2. The molecule has 2 heterocycles. The number of carbonyl (C=O) groups excluding carboxylic acids is 1. The Balaban J connectivity index is 1.36. The van der Waals surface area contributed by atoms with Gasteiger partial charge in [0.25, 0.3) is 5.91 Å². The molecular formula is C25H28N4O3. The van der Waals surface area contributed by atoms with Crippen molar-refractivity contribution in [2.75, 3.05) is 38.2 Å². The second-order valence-electron chi connectivity index (χ2n) is 7.88. The molecule has 7 nitrogen and oxygen atoms in total. The van der Waals surface area contributed by atoms with Gasteiger partial charge in [0, 0.05) is 37.8 Å². The van der Waals surface area contributed by atoms with E-state index in [2.05, 4.69) is 14.9 Å². The number of amides is 1. The van der Waals surface area contributed by atoms with Gasteiger partial charge in [0.15, 0.2) is 6.10 Å². The lowest BCUT2D eigenvalue weighted by Crippen LogP contribution is -2.52. The second-order valence-corrected chi connectivity index (χ2v) is 7.88. The van der Waals surface area contributed by atoms with Crippen LogP contribution in [0.3, 0.4) is 0 Å². The van der Waals surface area contributed by atoms with Crippen molar-refractivity contribution < 1.29 is 14.3 Å². The Morgan fingerprint density at radius 1 is 0.969 bits per heavy atom. The summed E-state index contributed by atoms with van der Waals surface area (Å²) in [6.07, 6.45) is 1.06. The van der Waals surface area contributed by atoms with Crippen LogP contribution < -0.4 is 14.4 Å². The van der Waals surface area contributed by atoms with E-state index in [4.69, 9.17) is 9.47 Å². The molecule has 0 spiro atoms. The summed E-state index contributed by atoms with van der Waals surface area (Å²) in [5.74, 6) is 2.40.